The van der Waals surface area contributed by atoms with Crippen molar-refractivity contribution < 1.29 is 0 Å². The molecule has 1 heterocycles. The number of aromatic nitrogens is 3. The zero-order valence-corrected chi connectivity index (χ0v) is 20.5. The van der Waals surface area contributed by atoms with Crippen molar-refractivity contribution >= 4 is 21.5 Å². The summed E-state index contributed by atoms with van der Waals surface area (Å²) in [6.45, 7) is 0. The molecule has 0 saturated carbocycles. The number of rotatable bonds is 3. The van der Waals surface area contributed by atoms with Crippen molar-refractivity contribution in [1.29, 1.82) is 0 Å². The van der Waals surface area contributed by atoms with Gasteiger partial charge < -0.3 is 0 Å². The fraction of sp³-hybridized carbons (Fsp3) is 0. The van der Waals surface area contributed by atoms with E-state index in [-0.39, 0.29) is 0 Å². The Labute approximate surface area is 220 Å². The van der Waals surface area contributed by atoms with E-state index in [1.54, 1.807) is 0 Å². The van der Waals surface area contributed by atoms with Crippen molar-refractivity contribution in [3.8, 4) is 56.4 Å². The molecule has 38 heavy (non-hydrogen) atoms. The fourth-order valence-electron chi connectivity index (χ4n) is 5.83. The summed E-state index contributed by atoms with van der Waals surface area (Å²) in [6, 6.07) is 44.3. The summed E-state index contributed by atoms with van der Waals surface area (Å²) in [6.07, 6.45) is 0. The molecule has 0 fully saturated rings. The van der Waals surface area contributed by atoms with Crippen LogP contribution >= 0.6 is 0 Å². The van der Waals surface area contributed by atoms with Crippen LogP contribution in [-0.4, -0.2) is 15.0 Å². The van der Waals surface area contributed by atoms with Gasteiger partial charge in [0.25, 0.3) is 0 Å². The third kappa shape index (κ3) is 3.06. The number of fused-ring (bicyclic) bond motifs is 5. The van der Waals surface area contributed by atoms with Gasteiger partial charge in [-0.15, -0.1) is 0 Å². The van der Waals surface area contributed by atoms with Crippen molar-refractivity contribution in [1.82, 2.24) is 15.0 Å². The Morgan fingerprint density at radius 1 is 0.316 bits per heavy atom. The highest BCUT2D eigenvalue weighted by atomic mass is 15.0. The van der Waals surface area contributed by atoms with Gasteiger partial charge in [0.1, 0.15) is 0 Å². The molecule has 3 nitrogen and oxygen atoms in total. The van der Waals surface area contributed by atoms with E-state index in [0.29, 0.717) is 17.5 Å². The average molecular weight is 484 g/mol. The second-order valence-electron chi connectivity index (χ2n) is 9.61. The van der Waals surface area contributed by atoms with Crippen molar-refractivity contribution in [2.75, 3.05) is 0 Å². The molecule has 1 aliphatic rings. The molecule has 1 aliphatic carbocycles. The van der Waals surface area contributed by atoms with E-state index < -0.39 is 0 Å². The smallest absolute Gasteiger partial charge is 0.165 e. The lowest BCUT2D eigenvalue weighted by Gasteiger charge is -2.15. The monoisotopic (exact) mass is 483 g/mol. The predicted octanol–water partition coefficient (Wildman–Crippen LogP) is 8.83. The van der Waals surface area contributed by atoms with E-state index in [4.69, 9.17) is 15.0 Å². The Bertz CT molecular complexity index is 1950. The zero-order chi connectivity index (χ0) is 25.1. The van der Waals surface area contributed by atoms with Gasteiger partial charge in [-0.2, -0.15) is 0 Å². The molecule has 0 radical (unpaired) electrons. The number of hydrogen-bond acceptors (Lipinski definition) is 3. The van der Waals surface area contributed by atoms with E-state index in [1.165, 1.54) is 33.0 Å². The minimum atomic E-state index is 0.671. The molecule has 8 rings (SSSR count). The van der Waals surface area contributed by atoms with E-state index in [2.05, 4.69) is 91.0 Å². The molecule has 0 bridgehead atoms. The van der Waals surface area contributed by atoms with Crippen LogP contribution in [0.3, 0.4) is 0 Å². The molecule has 0 amide bonds. The number of nitrogens with zero attached hydrogens (tertiary/aromatic N) is 3. The summed E-state index contributed by atoms with van der Waals surface area (Å²) in [5.74, 6) is 2.03. The second kappa shape index (κ2) is 8.19. The maximum atomic E-state index is 5.11. The summed E-state index contributed by atoms with van der Waals surface area (Å²) < 4.78 is 0. The highest BCUT2D eigenvalue weighted by Crippen LogP contribution is 2.53. The largest absolute Gasteiger partial charge is 0.208 e. The first-order valence-electron chi connectivity index (χ1n) is 12.8. The maximum absolute atomic E-state index is 5.11. The van der Waals surface area contributed by atoms with Crippen LogP contribution in [0.4, 0.5) is 0 Å². The lowest BCUT2D eigenvalue weighted by Crippen LogP contribution is -2.01. The molecule has 0 aliphatic heterocycles. The van der Waals surface area contributed by atoms with Gasteiger partial charge in [0, 0.05) is 16.7 Å². The first kappa shape index (κ1) is 21.0. The van der Waals surface area contributed by atoms with Crippen molar-refractivity contribution in [3.63, 3.8) is 0 Å². The van der Waals surface area contributed by atoms with Crippen LogP contribution in [0.2, 0.25) is 0 Å². The normalized spacial score (nSPS) is 11.7. The highest BCUT2D eigenvalue weighted by molar-refractivity contribution is 6.28. The van der Waals surface area contributed by atoms with E-state index in [9.17, 15) is 0 Å². The molecule has 1 aromatic heterocycles. The van der Waals surface area contributed by atoms with Crippen LogP contribution in [0.15, 0.2) is 127 Å². The lowest BCUT2D eigenvalue weighted by molar-refractivity contribution is 1.08. The Kier molecular flexibility index (Phi) is 4.52. The van der Waals surface area contributed by atoms with Crippen LogP contribution in [0, 0.1) is 0 Å². The molecule has 0 atom stereocenters. The quantitative estimate of drug-likeness (QED) is 0.236. The van der Waals surface area contributed by atoms with Gasteiger partial charge in [-0.3, -0.25) is 0 Å². The zero-order valence-electron chi connectivity index (χ0n) is 20.5. The van der Waals surface area contributed by atoms with E-state index >= 15 is 0 Å². The van der Waals surface area contributed by atoms with Gasteiger partial charge in [-0.1, -0.05) is 127 Å². The van der Waals surface area contributed by atoms with Gasteiger partial charge in [0.05, 0.1) is 0 Å². The van der Waals surface area contributed by atoms with E-state index in [0.717, 1.165) is 27.5 Å². The third-order valence-corrected chi connectivity index (χ3v) is 7.46. The van der Waals surface area contributed by atoms with Crippen LogP contribution in [0.25, 0.3) is 78.0 Å². The minimum absolute atomic E-state index is 0.671. The lowest BCUT2D eigenvalue weighted by atomic mass is 9.90. The van der Waals surface area contributed by atoms with Crippen molar-refractivity contribution in [3.05, 3.63) is 127 Å². The molecule has 0 spiro atoms. The first-order chi connectivity index (χ1) is 18.9. The highest BCUT2D eigenvalue weighted by Gasteiger charge is 2.27. The Morgan fingerprint density at radius 2 is 0.789 bits per heavy atom. The molecule has 0 saturated heterocycles. The summed E-state index contributed by atoms with van der Waals surface area (Å²) in [5, 5.41) is 4.80. The average Bonchev–Trinajstić information content (AvgIpc) is 3.34. The third-order valence-electron chi connectivity index (χ3n) is 7.46. The molecule has 6 aromatic carbocycles. The van der Waals surface area contributed by atoms with Crippen LogP contribution < -0.4 is 0 Å². The molecule has 3 heteroatoms. The van der Waals surface area contributed by atoms with Crippen LogP contribution in [0.5, 0.6) is 0 Å². The molecular formula is C35H21N3. The number of hydrogen-bond donors (Lipinski definition) is 0. The molecule has 0 N–H and O–H groups in total. The van der Waals surface area contributed by atoms with E-state index in [1.807, 2.05) is 36.4 Å². The van der Waals surface area contributed by atoms with Crippen LogP contribution in [-0.2, 0) is 0 Å². The van der Waals surface area contributed by atoms with Crippen molar-refractivity contribution in [2.45, 2.75) is 0 Å². The summed E-state index contributed by atoms with van der Waals surface area (Å²) in [7, 11) is 0. The molecule has 0 unspecified atom stereocenters. The maximum Gasteiger partial charge on any atom is 0.165 e. The predicted molar refractivity (Wildman–Crippen MR) is 156 cm³/mol. The van der Waals surface area contributed by atoms with Gasteiger partial charge in [0.2, 0.25) is 0 Å². The van der Waals surface area contributed by atoms with Gasteiger partial charge in [0.15, 0.2) is 17.5 Å². The first-order valence-corrected chi connectivity index (χ1v) is 12.8. The standard InChI is InChI=1S/C35H21N3/c1-3-12-22(13-4-1)33-36-34(23-14-5-2-6-15-23)38-35(37-33)32-28-19-10-9-18-27(28)30-25-17-8-7-16-24(25)26-20-11-21-29(32)31(26)30/h1-21H. The molecule has 176 valence electrons. The molecular weight excluding hydrogens is 462 g/mol. The van der Waals surface area contributed by atoms with Gasteiger partial charge in [-0.25, -0.2) is 15.0 Å². The topological polar surface area (TPSA) is 38.7 Å². The molecule has 7 aromatic rings. The SMILES string of the molecule is c1ccc(-c2nc(-c3ccccc3)nc(-c3c4ccccc4c4c5c(cccc35)-c3ccccc3-4)n2)cc1. The second-order valence-corrected chi connectivity index (χ2v) is 9.61. The van der Waals surface area contributed by atoms with Gasteiger partial charge in [-0.05, 0) is 43.8 Å². The Hall–Kier alpha value is -5.15. The summed E-state index contributed by atoms with van der Waals surface area (Å²) in [5.41, 5.74) is 8.11. The summed E-state index contributed by atoms with van der Waals surface area (Å²) >= 11 is 0. The number of benzene rings is 6. The van der Waals surface area contributed by atoms with Crippen molar-refractivity contribution in [2.24, 2.45) is 0 Å². The summed E-state index contributed by atoms with van der Waals surface area (Å²) in [4.78, 5) is 15.1. The fourth-order valence-corrected chi connectivity index (χ4v) is 5.83. The van der Waals surface area contributed by atoms with Crippen LogP contribution in [0.1, 0.15) is 0 Å². The Balaban J connectivity index is 1.51. The minimum Gasteiger partial charge on any atom is -0.208 e. The Morgan fingerprint density at radius 3 is 1.45 bits per heavy atom. The van der Waals surface area contributed by atoms with Gasteiger partial charge >= 0.3 is 0 Å².